The number of nitrogens with zero attached hydrogens (tertiary/aromatic N) is 2. The van der Waals surface area contributed by atoms with Gasteiger partial charge < -0.3 is 5.32 Å². The van der Waals surface area contributed by atoms with Crippen LogP contribution in [0.4, 0.5) is 0 Å². The second-order valence-electron chi connectivity index (χ2n) is 2.64. The minimum Gasteiger partial charge on any atom is -0.316 e. The van der Waals surface area contributed by atoms with Gasteiger partial charge in [0.2, 0.25) is 0 Å². The van der Waals surface area contributed by atoms with E-state index in [0.29, 0.717) is 0 Å². The molecule has 0 saturated heterocycles. The number of hydrogen-bond donors (Lipinski definition) is 1. The van der Waals surface area contributed by atoms with E-state index in [4.69, 9.17) is 0 Å². The van der Waals surface area contributed by atoms with Gasteiger partial charge in [-0.15, -0.1) is 10.2 Å². The number of nitrogens with one attached hydrogen (secondary N) is 1. The number of rotatable bonds is 7. The van der Waals surface area contributed by atoms with E-state index in [1.54, 1.807) is 34.9 Å². The van der Waals surface area contributed by atoms with Gasteiger partial charge in [-0.3, -0.25) is 0 Å². The summed E-state index contributed by atoms with van der Waals surface area (Å²) in [5, 5.41) is 11.5. The first-order valence-electron chi connectivity index (χ1n) is 4.57. The molecule has 14 heavy (non-hydrogen) atoms. The normalized spacial score (nSPS) is 10.7. The first-order chi connectivity index (χ1) is 6.86. The van der Waals surface area contributed by atoms with Crippen molar-refractivity contribution in [2.24, 2.45) is 0 Å². The molecule has 0 unspecified atom stereocenters. The molecule has 0 radical (unpaired) electrons. The van der Waals surface area contributed by atoms with E-state index >= 15 is 0 Å². The Hall–Kier alpha value is 0.220. The lowest BCUT2D eigenvalue weighted by Crippen LogP contribution is -2.17. The average molecular weight is 249 g/mol. The summed E-state index contributed by atoms with van der Waals surface area (Å²) >= 11 is 5.10. The number of hydrogen-bond acceptors (Lipinski definition) is 6. The molecule has 1 aromatic heterocycles. The third-order valence-corrected chi connectivity index (χ3v) is 4.53. The van der Waals surface area contributed by atoms with E-state index in [1.165, 1.54) is 6.42 Å². The van der Waals surface area contributed by atoms with Crippen LogP contribution in [0.3, 0.4) is 0 Å². The van der Waals surface area contributed by atoms with Gasteiger partial charge in [0.1, 0.15) is 0 Å². The van der Waals surface area contributed by atoms with Crippen molar-refractivity contribution in [3.05, 3.63) is 0 Å². The first kappa shape index (κ1) is 12.3. The maximum Gasteiger partial charge on any atom is 0.175 e. The summed E-state index contributed by atoms with van der Waals surface area (Å²) in [5.74, 6) is 1.07. The van der Waals surface area contributed by atoms with Crippen LogP contribution in [0.1, 0.15) is 13.3 Å². The lowest BCUT2D eigenvalue weighted by molar-refractivity contribution is 0.707. The van der Waals surface area contributed by atoms with Crippen molar-refractivity contribution in [2.75, 3.05) is 25.1 Å². The molecule has 1 aromatic rings. The molecule has 1 rings (SSSR count). The van der Waals surface area contributed by atoms with Gasteiger partial charge in [0, 0.05) is 12.3 Å². The molecule has 0 atom stereocenters. The van der Waals surface area contributed by atoms with Gasteiger partial charge in [-0.25, -0.2) is 0 Å². The molecule has 80 valence electrons. The van der Waals surface area contributed by atoms with Crippen molar-refractivity contribution in [3.8, 4) is 0 Å². The van der Waals surface area contributed by atoms with Crippen molar-refractivity contribution in [3.63, 3.8) is 0 Å². The minimum absolute atomic E-state index is 1.05. The van der Waals surface area contributed by atoms with E-state index in [9.17, 15) is 0 Å². The molecular formula is C8H15N3S3. The van der Waals surface area contributed by atoms with Gasteiger partial charge >= 0.3 is 0 Å². The second kappa shape index (κ2) is 7.50. The zero-order chi connectivity index (χ0) is 10.2. The number of aromatic nitrogens is 2. The van der Waals surface area contributed by atoms with Crippen LogP contribution in [0.2, 0.25) is 0 Å². The van der Waals surface area contributed by atoms with Crippen molar-refractivity contribution in [1.82, 2.24) is 15.5 Å². The molecule has 6 heteroatoms. The fraction of sp³-hybridized carbons (Fsp3) is 0.750. The molecule has 0 aliphatic carbocycles. The molecular weight excluding hydrogens is 234 g/mol. The lowest BCUT2D eigenvalue weighted by atomic mass is 10.5. The molecule has 0 bridgehead atoms. The summed E-state index contributed by atoms with van der Waals surface area (Å²) in [6.07, 6.45) is 3.22. The van der Waals surface area contributed by atoms with E-state index < -0.39 is 0 Å². The van der Waals surface area contributed by atoms with Crippen molar-refractivity contribution in [2.45, 2.75) is 22.0 Å². The summed E-state index contributed by atoms with van der Waals surface area (Å²) in [6, 6.07) is 0. The first-order valence-corrected chi connectivity index (χ1v) is 7.60. The van der Waals surface area contributed by atoms with E-state index in [1.807, 2.05) is 6.26 Å². The molecule has 1 N–H and O–H groups in total. The molecule has 1 heterocycles. The van der Waals surface area contributed by atoms with Crippen LogP contribution >= 0.6 is 34.9 Å². The molecule has 0 spiro atoms. The summed E-state index contributed by atoms with van der Waals surface area (Å²) in [7, 11) is 0. The van der Waals surface area contributed by atoms with Crippen LogP contribution in [0.25, 0.3) is 0 Å². The third-order valence-electron chi connectivity index (χ3n) is 1.49. The Morgan fingerprint density at radius 3 is 2.71 bits per heavy atom. The predicted molar refractivity (Wildman–Crippen MR) is 65.6 cm³/mol. The Kier molecular flexibility index (Phi) is 6.59. The standard InChI is InChI=1S/C8H15N3S3/c1-3-4-9-5-6-13-8-11-10-7(12-2)14-8/h9H,3-6H2,1-2H3. The Balaban J connectivity index is 2.12. The van der Waals surface area contributed by atoms with Crippen LogP contribution in [-0.4, -0.2) is 35.3 Å². The fourth-order valence-electron chi connectivity index (χ4n) is 0.850. The smallest absolute Gasteiger partial charge is 0.175 e. The fourth-order valence-corrected chi connectivity index (χ4v) is 3.26. The molecule has 0 aliphatic heterocycles. The Labute approximate surface area is 97.5 Å². The molecule has 0 fully saturated rings. The average Bonchev–Trinajstić information content (AvgIpc) is 2.65. The van der Waals surface area contributed by atoms with Gasteiger partial charge in [-0.05, 0) is 19.2 Å². The molecule has 0 saturated carbocycles. The maximum atomic E-state index is 4.09. The van der Waals surface area contributed by atoms with Crippen LogP contribution in [-0.2, 0) is 0 Å². The topological polar surface area (TPSA) is 37.8 Å². The van der Waals surface area contributed by atoms with Gasteiger partial charge in [0.25, 0.3) is 0 Å². The Morgan fingerprint density at radius 2 is 2.07 bits per heavy atom. The maximum absolute atomic E-state index is 4.09. The van der Waals surface area contributed by atoms with Crippen LogP contribution in [0.5, 0.6) is 0 Å². The van der Waals surface area contributed by atoms with Gasteiger partial charge in [0.05, 0.1) is 0 Å². The Morgan fingerprint density at radius 1 is 1.29 bits per heavy atom. The zero-order valence-electron chi connectivity index (χ0n) is 8.45. The van der Waals surface area contributed by atoms with Crippen LogP contribution in [0, 0.1) is 0 Å². The highest BCUT2D eigenvalue weighted by Crippen LogP contribution is 2.26. The SMILES string of the molecule is CCCNCCSc1nnc(SC)s1. The molecule has 0 aliphatic rings. The summed E-state index contributed by atoms with van der Waals surface area (Å²) in [5.41, 5.74) is 0. The predicted octanol–water partition coefficient (Wildman–Crippen LogP) is 2.35. The quantitative estimate of drug-likeness (QED) is 0.593. The van der Waals surface area contributed by atoms with Crippen molar-refractivity contribution < 1.29 is 0 Å². The highest BCUT2D eigenvalue weighted by atomic mass is 32.2. The van der Waals surface area contributed by atoms with E-state index in [0.717, 1.165) is 27.5 Å². The van der Waals surface area contributed by atoms with Crippen molar-refractivity contribution in [1.29, 1.82) is 0 Å². The highest BCUT2D eigenvalue weighted by molar-refractivity contribution is 8.02. The summed E-state index contributed by atoms with van der Waals surface area (Å²) < 4.78 is 2.13. The molecule has 0 amide bonds. The van der Waals surface area contributed by atoms with E-state index in [2.05, 4.69) is 22.4 Å². The van der Waals surface area contributed by atoms with Gasteiger partial charge in [-0.1, -0.05) is 41.8 Å². The van der Waals surface area contributed by atoms with Gasteiger partial charge in [0.15, 0.2) is 8.68 Å². The van der Waals surface area contributed by atoms with E-state index in [-0.39, 0.29) is 0 Å². The third kappa shape index (κ3) is 4.63. The largest absolute Gasteiger partial charge is 0.316 e. The minimum atomic E-state index is 1.05. The zero-order valence-corrected chi connectivity index (χ0v) is 10.9. The van der Waals surface area contributed by atoms with Crippen LogP contribution < -0.4 is 5.32 Å². The molecule has 0 aromatic carbocycles. The van der Waals surface area contributed by atoms with Crippen LogP contribution in [0.15, 0.2) is 8.68 Å². The summed E-state index contributed by atoms with van der Waals surface area (Å²) in [4.78, 5) is 0. The summed E-state index contributed by atoms with van der Waals surface area (Å²) in [6.45, 7) is 4.33. The lowest BCUT2D eigenvalue weighted by Gasteiger charge is -1.99. The van der Waals surface area contributed by atoms with Crippen molar-refractivity contribution >= 4 is 34.9 Å². The highest BCUT2D eigenvalue weighted by Gasteiger charge is 2.02. The number of thioether (sulfide) groups is 2. The Bertz CT molecular complexity index is 252. The monoisotopic (exact) mass is 249 g/mol. The second-order valence-corrected chi connectivity index (χ2v) is 6.01. The molecule has 3 nitrogen and oxygen atoms in total. The van der Waals surface area contributed by atoms with Gasteiger partial charge in [-0.2, -0.15) is 0 Å².